The fraction of sp³-hybridized carbons (Fsp3) is 0.273. The monoisotopic (exact) mass is 192 g/mol. The van der Waals surface area contributed by atoms with Crippen molar-refractivity contribution in [3.63, 3.8) is 0 Å². The maximum absolute atomic E-state index is 9.58. The summed E-state index contributed by atoms with van der Waals surface area (Å²) in [4.78, 5) is 0. The van der Waals surface area contributed by atoms with E-state index in [-0.39, 0.29) is 5.75 Å². The molecular weight excluding hydrogens is 180 g/mol. The van der Waals surface area contributed by atoms with E-state index in [4.69, 9.17) is 15.9 Å². The largest absolute Gasteiger partial charge is 0.502 e. The van der Waals surface area contributed by atoms with Crippen molar-refractivity contribution in [1.29, 1.82) is 0 Å². The zero-order valence-electron chi connectivity index (χ0n) is 8.20. The van der Waals surface area contributed by atoms with E-state index >= 15 is 0 Å². The maximum Gasteiger partial charge on any atom is 0.200 e. The first-order valence-electron chi connectivity index (χ1n) is 4.10. The molecule has 0 spiro atoms. The summed E-state index contributed by atoms with van der Waals surface area (Å²) >= 11 is 0. The Bertz CT molecular complexity index is 338. The van der Waals surface area contributed by atoms with Gasteiger partial charge in [-0.15, -0.1) is 12.3 Å². The number of rotatable bonds is 3. The number of phenols is 1. The Morgan fingerprint density at radius 2 is 1.79 bits per heavy atom. The maximum atomic E-state index is 9.58. The number of phenolic OH excluding ortho intramolecular Hbond substituents is 1. The number of ether oxygens (including phenoxy) is 2. The fourth-order valence-corrected chi connectivity index (χ4v) is 1.17. The molecule has 0 heterocycles. The lowest BCUT2D eigenvalue weighted by Gasteiger charge is -2.09. The van der Waals surface area contributed by atoms with Crippen molar-refractivity contribution in [3.05, 3.63) is 17.7 Å². The van der Waals surface area contributed by atoms with Crippen LogP contribution in [0.1, 0.15) is 5.56 Å². The Hall–Kier alpha value is -1.82. The second-order valence-corrected chi connectivity index (χ2v) is 2.73. The Kier molecular flexibility index (Phi) is 3.24. The van der Waals surface area contributed by atoms with Crippen LogP contribution in [0.5, 0.6) is 17.2 Å². The molecule has 0 aliphatic rings. The number of hydrogen-bond donors (Lipinski definition) is 1. The molecule has 0 aliphatic heterocycles. The van der Waals surface area contributed by atoms with Gasteiger partial charge in [0, 0.05) is 6.42 Å². The van der Waals surface area contributed by atoms with Crippen molar-refractivity contribution >= 4 is 0 Å². The number of methoxy groups -OCH3 is 2. The zero-order chi connectivity index (χ0) is 10.6. The van der Waals surface area contributed by atoms with Crippen molar-refractivity contribution in [3.8, 4) is 29.6 Å². The third-order valence-electron chi connectivity index (χ3n) is 1.85. The lowest BCUT2D eigenvalue weighted by Crippen LogP contribution is -1.92. The predicted molar refractivity (Wildman–Crippen MR) is 53.7 cm³/mol. The van der Waals surface area contributed by atoms with Crippen molar-refractivity contribution in [1.82, 2.24) is 0 Å². The summed E-state index contributed by atoms with van der Waals surface area (Å²) in [5.74, 6) is 3.25. The molecule has 3 nitrogen and oxygen atoms in total. The standard InChI is InChI=1S/C11H12O3/c1-4-5-8-6-9(13-2)11(12)10(7-8)14-3/h1,6-7,12H,5H2,2-3H3. The Morgan fingerprint density at radius 1 is 1.29 bits per heavy atom. The molecule has 0 aliphatic carbocycles. The number of hydrogen-bond acceptors (Lipinski definition) is 3. The second-order valence-electron chi connectivity index (χ2n) is 2.73. The van der Waals surface area contributed by atoms with Crippen LogP contribution in [0, 0.1) is 12.3 Å². The third kappa shape index (κ3) is 1.91. The summed E-state index contributed by atoms with van der Waals surface area (Å²) in [6.07, 6.45) is 5.67. The van der Waals surface area contributed by atoms with E-state index in [0.717, 1.165) is 5.56 Å². The van der Waals surface area contributed by atoms with Crippen LogP contribution in [-0.4, -0.2) is 19.3 Å². The lowest BCUT2D eigenvalue weighted by atomic mass is 10.1. The molecule has 0 aromatic heterocycles. The number of aromatic hydroxyl groups is 1. The molecule has 0 bridgehead atoms. The van der Waals surface area contributed by atoms with Gasteiger partial charge in [-0.25, -0.2) is 0 Å². The van der Waals surface area contributed by atoms with E-state index in [1.54, 1.807) is 12.1 Å². The highest BCUT2D eigenvalue weighted by atomic mass is 16.5. The summed E-state index contributed by atoms with van der Waals surface area (Å²) in [6.45, 7) is 0. The first kappa shape index (κ1) is 10.3. The molecular formula is C11H12O3. The average Bonchev–Trinajstić information content (AvgIpc) is 2.20. The quantitative estimate of drug-likeness (QED) is 0.739. The minimum atomic E-state index is -0.00392. The molecule has 3 heteroatoms. The Morgan fingerprint density at radius 3 is 2.14 bits per heavy atom. The Balaban J connectivity index is 3.19. The molecule has 0 amide bonds. The minimum Gasteiger partial charge on any atom is -0.502 e. The van der Waals surface area contributed by atoms with Gasteiger partial charge in [-0.05, 0) is 17.7 Å². The molecule has 0 saturated heterocycles. The second kappa shape index (κ2) is 4.43. The minimum absolute atomic E-state index is 0.00392. The van der Waals surface area contributed by atoms with Crippen molar-refractivity contribution < 1.29 is 14.6 Å². The van der Waals surface area contributed by atoms with Gasteiger partial charge in [-0.1, -0.05) is 0 Å². The lowest BCUT2D eigenvalue weighted by molar-refractivity contribution is 0.339. The van der Waals surface area contributed by atoms with Crippen LogP contribution in [0.3, 0.4) is 0 Å². The van der Waals surface area contributed by atoms with Crippen LogP contribution >= 0.6 is 0 Å². The van der Waals surface area contributed by atoms with E-state index in [1.165, 1.54) is 14.2 Å². The van der Waals surface area contributed by atoms with Crippen LogP contribution < -0.4 is 9.47 Å². The van der Waals surface area contributed by atoms with Crippen LogP contribution in [0.25, 0.3) is 0 Å². The van der Waals surface area contributed by atoms with Gasteiger partial charge in [0.15, 0.2) is 11.5 Å². The highest BCUT2D eigenvalue weighted by molar-refractivity contribution is 5.53. The molecule has 0 atom stereocenters. The topological polar surface area (TPSA) is 38.7 Å². The smallest absolute Gasteiger partial charge is 0.200 e. The molecule has 0 saturated carbocycles. The summed E-state index contributed by atoms with van der Waals surface area (Å²) in [7, 11) is 2.96. The molecule has 1 aromatic carbocycles. The molecule has 1 N–H and O–H groups in total. The van der Waals surface area contributed by atoms with Gasteiger partial charge in [0.1, 0.15) is 0 Å². The molecule has 1 aromatic rings. The van der Waals surface area contributed by atoms with Gasteiger partial charge in [0.2, 0.25) is 5.75 Å². The average molecular weight is 192 g/mol. The van der Waals surface area contributed by atoms with Crippen LogP contribution in [0.2, 0.25) is 0 Å². The van der Waals surface area contributed by atoms with E-state index in [0.29, 0.717) is 17.9 Å². The first-order valence-corrected chi connectivity index (χ1v) is 4.10. The van der Waals surface area contributed by atoms with E-state index in [2.05, 4.69) is 5.92 Å². The van der Waals surface area contributed by atoms with Crippen molar-refractivity contribution in [2.24, 2.45) is 0 Å². The highest BCUT2D eigenvalue weighted by Crippen LogP contribution is 2.37. The molecule has 74 valence electrons. The summed E-state index contributed by atoms with van der Waals surface area (Å²) in [6, 6.07) is 3.38. The summed E-state index contributed by atoms with van der Waals surface area (Å²) < 4.78 is 9.95. The molecule has 1 rings (SSSR count). The van der Waals surface area contributed by atoms with Gasteiger partial charge in [0.25, 0.3) is 0 Å². The van der Waals surface area contributed by atoms with Gasteiger partial charge >= 0.3 is 0 Å². The zero-order valence-corrected chi connectivity index (χ0v) is 8.20. The fourth-order valence-electron chi connectivity index (χ4n) is 1.17. The summed E-state index contributed by atoms with van der Waals surface area (Å²) in [5, 5.41) is 9.58. The van der Waals surface area contributed by atoms with Crippen LogP contribution in [-0.2, 0) is 6.42 Å². The van der Waals surface area contributed by atoms with Gasteiger partial charge in [-0.3, -0.25) is 0 Å². The molecule has 14 heavy (non-hydrogen) atoms. The van der Waals surface area contributed by atoms with Gasteiger partial charge < -0.3 is 14.6 Å². The van der Waals surface area contributed by atoms with Crippen molar-refractivity contribution in [2.75, 3.05) is 14.2 Å². The van der Waals surface area contributed by atoms with E-state index < -0.39 is 0 Å². The van der Waals surface area contributed by atoms with E-state index in [9.17, 15) is 5.11 Å². The summed E-state index contributed by atoms with van der Waals surface area (Å²) in [5.41, 5.74) is 0.874. The highest BCUT2D eigenvalue weighted by Gasteiger charge is 2.10. The molecule has 0 radical (unpaired) electrons. The van der Waals surface area contributed by atoms with Crippen LogP contribution in [0.15, 0.2) is 12.1 Å². The van der Waals surface area contributed by atoms with Crippen molar-refractivity contribution in [2.45, 2.75) is 6.42 Å². The number of benzene rings is 1. The van der Waals surface area contributed by atoms with Gasteiger partial charge in [-0.2, -0.15) is 0 Å². The SMILES string of the molecule is C#CCc1cc(OC)c(O)c(OC)c1. The molecule has 0 unspecified atom stereocenters. The van der Waals surface area contributed by atoms with Gasteiger partial charge in [0.05, 0.1) is 14.2 Å². The predicted octanol–water partition coefficient (Wildman–Crippen LogP) is 1.59. The molecule has 0 fully saturated rings. The van der Waals surface area contributed by atoms with Crippen LogP contribution in [0.4, 0.5) is 0 Å². The third-order valence-corrected chi connectivity index (χ3v) is 1.85. The van der Waals surface area contributed by atoms with E-state index in [1.807, 2.05) is 0 Å². The Labute approximate surface area is 83.3 Å². The first-order chi connectivity index (χ1) is 6.72. The number of terminal acetylenes is 1. The normalized spacial score (nSPS) is 9.21.